The van der Waals surface area contributed by atoms with E-state index in [1.54, 1.807) is 36.4 Å². The van der Waals surface area contributed by atoms with E-state index in [9.17, 15) is 16.8 Å². The highest BCUT2D eigenvalue weighted by molar-refractivity contribution is 7.99. The Morgan fingerprint density at radius 2 is 1.16 bits per heavy atom. The zero-order chi connectivity index (χ0) is 18.3. The molecule has 0 atom stereocenters. The Kier molecular flexibility index (Phi) is 6.65. The Morgan fingerprint density at radius 3 is 1.52 bits per heavy atom. The highest BCUT2D eigenvalue weighted by Gasteiger charge is 2.37. The van der Waals surface area contributed by atoms with Gasteiger partial charge in [0.25, 0.3) is 0 Å². The van der Waals surface area contributed by atoms with Gasteiger partial charge in [0, 0.05) is 12.4 Å². The maximum Gasteiger partial charge on any atom is 0.401 e. The van der Waals surface area contributed by atoms with Crippen LogP contribution in [0.25, 0.3) is 0 Å². The van der Waals surface area contributed by atoms with Crippen molar-refractivity contribution in [2.45, 2.75) is 6.42 Å². The summed E-state index contributed by atoms with van der Waals surface area (Å²) in [6.07, 6.45) is 0.0936. The second-order valence-electron chi connectivity index (χ2n) is 4.75. The predicted molar refractivity (Wildman–Crippen MR) is 94.0 cm³/mol. The molecule has 0 amide bonds. The molecule has 0 saturated carbocycles. The van der Waals surface area contributed by atoms with E-state index in [4.69, 9.17) is 20.0 Å². The summed E-state index contributed by atoms with van der Waals surface area (Å²) in [5, 5.41) is 0. The number of halogens is 1. The lowest BCUT2D eigenvalue weighted by Crippen LogP contribution is -2.42. The highest BCUT2D eigenvalue weighted by Crippen LogP contribution is 2.20. The van der Waals surface area contributed by atoms with Gasteiger partial charge < -0.3 is 8.37 Å². The molecule has 0 fully saturated rings. The van der Waals surface area contributed by atoms with Crippen LogP contribution in [-0.4, -0.2) is 33.0 Å². The number of benzene rings is 2. The van der Waals surface area contributed by atoms with E-state index >= 15 is 0 Å². The molecule has 0 saturated heterocycles. The summed E-state index contributed by atoms with van der Waals surface area (Å²) >= 11 is 5.57. The molecule has 2 aromatic rings. The molecule has 2 aromatic carbocycles. The van der Waals surface area contributed by atoms with Crippen LogP contribution in [0.5, 0.6) is 11.5 Å². The zero-order valence-electron chi connectivity index (χ0n) is 13.0. The van der Waals surface area contributed by atoms with Crippen LogP contribution in [0.4, 0.5) is 0 Å². The van der Waals surface area contributed by atoms with E-state index in [0.717, 1.165) is 0 Å². The molecule has 0 heterocycles. The van der Waals surface area contributed by atoms with Gasteiger partial charge in [-0.1, -0.05) is 36.4 Å². The largest absolute Gasteiger partial charge is 0.401 e. The number of nitrogens with zero attached hydrogens (tertiary/aromatic N) is 1. The lowest BCUT2D eigenvalue weighted by molar-refractivity contribution is 0.389. The van der Waals surface area contributed by atoms with Crippen molar-refractivity contribution < 1.29 is 25.2 Å². The van der Waals surface area contributed by atoms with Gasteiger partial charge in [-0.05, 0) is 34.4 Å². The summed E-state index contributed by atoms with van der Waals surface area (Å²) < 4.78 is 59.7. The van der Waals surface area contributed by atoms with Crippen LogP contribution in [0, 0.1) is 0 Å². The van der Waals surface area contributed by atoms with Gasteiger partial charge in [0.2, 0.25) is 0 Å². The van der Waals surface area contributed by atoms with E-state index in [1.807, 2.05) is 0 Å². The first kappa shape index (κ1) is 19.5. The third-order valence-electron chi connectivity index (χ3n) is 2.86. The normalized spacial score (nSPS) is 12.1. The Bertz CT molecular complexity index is 801. The molecule has 25 heavy (non-hydrogen) atoms. The Balaban J connectivity index is 2.30. The summed E-state index contributed by atoms with van der Waals surface area (Å²) in [6.45, 7) is -0.409. The Morgan fingerprint density at radius 1 is 0.760 bits per heavy atom. The lowest BCUT2D eigenvalue weighted by Gasteiger charge is -2.20. The van der Waals surface area contributed by atoms with Gasteiger partial charge in [-0.15, -0.1) is 11.6 Å². The van der Waals surface area contributed by atoms with E-state index in [0.29, 0.717) is 0 Å². The average molecular weight is 406 g/mol. The van der Waals surface area contributed by atoms with E-state index < -0.39 is 27.2 Å². The first-order valence-electron chi connectivity index (χ1n) is 7.18. The maximum atomic E-state index is 12.4. The van der Waals surface area contributed by atoms with E-state index in [-0.39, 0.29) is 27.5 Å². The van der Waals surface area contributed by atoms with Gasteiger partial charge in [0.1, 0.15) is 11.5 Å². The molecule has 0 N–H and O–H groups in total. The first-order chi connectivity index (χ1) is 11.8. The molecule has 0 unspecified atom stereocenters. The van der Waals surface area contributed by atoms with Crippen LogP contribution in [-0.2, 0) is 20.6 Å². The van der Waals surface area contributed by atoms with Gasteiger partial charge >= 0.3 is 20.6 Å². The standard InChI is InChI=1S/C15H16ClNO6S2/c16-12-7-13-17(24(18,19)22-14-8-3-1-4-9-14)25(20,21)23-15-10-5-2-6-11-15/h1-6,8-11H,7,12-13H2. The zero-order valence-corrected chi connectivity index (χ0v) is 15.4. The number of hydrogen-bond acceptors (Lipinski definition) is 6. The number of alkyl halides is 1. The van der Waals surface area contributed by atoms with Gasteiger partial charge in [0.15, 0.2) is 0 Å². The molecular weight excluding hydrogens is 390 g/mol. The summed E-state index contributed by atoms with van der Waals surface area (Å²) in [5.41, 5.74) is 0. The molecule has 0 spiro atoms. The van der Waals surface area contributed by atoms with Crippen molar-refractivity contribution in [3.05, 3.63) is 60.7 Å². The van der Waals surface area contributed by atoms with Gasteiger partial charge in [-0.3, -0.25) is 0 Å². The van der Waals surface area contributed by atoms with Crippen LogP contribution in [0.3, 0.4) is 0 Å². The third kappa shape index (κ3) is 5.60. The smallest absolute Gasteiger partial charge is 0.370 e. The Hall–Kier alpha value is -1.81. The average Bonchev–Trinajstić information content (AvgIpc) is 2.55. The minimum atomic E-state index is -4.66. The number of hydrogen-bond donors (Lipinski definition) is 0. The molecule has 7 nitrogen and oxygen atoms in total. The third-order valence-corrected chi connectivity index (χ3v) is 6.39. The van der Waals surface area contributed by atoms with Crippen molar-refractivity contribution in [3.8, 4) is 11.5 Å². The molecule has 0 bridgehead atoms. The van der Waals surface area contributed by atoms with Crippen molar-refractivity contribution in [3.63, 3.8) is 0 Å². The summed E-state index contributed by atoms with van der Waals surface area (Å²) in [5.74, 6) is 0.0275. The van der Waals surface area contributed by atoms with Crippen molar-refractivity contribution in [1.82, 2.24) is 3.71 Å². The minimum absolute atomic E-state index is 0.0201. The number of rotatable bonds is 9. The molecular formula is C15H16ClNO6S2. The monoisotopic (exact) mass is 405 g/mol. The predicted octanol–water partition coefficient (Wildman–Crippen LogP) is 2.56. The molecule has 136 valence electrons. The molecule has 0 aromatic heterocycles. The highest BCUT2D eigenvalue weighted by atomic mass is 35.5. The van der Waals surface area contributed by atoms with Crippen LogP contribution in [0.2, 0.25) is 0 Å². The van der Waals surface area contributed by atoms with Crippen LogP contribution in [0.1, 0.15) is 6.42 Å². The van der Waals surface area contributed by atoms with Crippen LogP contribution >= 0.6 is 11.6 Å². The fourth-order valence-corrected chi connectivity index (χ4v) is 4.58. The lowest BCUT2D eigenvalue weighted by atomic mass is 10.3. The van der Waals surface area contributed by atoms with Gasteiger partial charge in [-0.2, -0.15) is 16.8 Å². The van der Waals surface area contributed by atoms with E-state index in [1.165, 1.54) is 24.3 Å². The van der Waals surface area contributed by atoms with Crippen molar-refractivity contribution in [1.29, 1.82) is 0 Å². The summed E-state index contributed by atoms with van der Waals surface area (Å²) in [7, 11) is -9.33. The van der Waals surface area contributed by atoms with Gasteiger partial charge in [0.05, 0.1) is 0 Å². The fraction of sp³-hybridized carbons (Fsp3) is 0.200. The molecule has 10 heteroatoms. The SMILES string of the molecule is O=S(=O)(Oc1ccccc1)N(CCCCl)S(=O)(=O)Oc1ccccc1. The van der Waals surface area contributed by atoms with Crippen LogP contribution < -0.4 is 8.37 Å². The maximum absolute atomic E-state index is 12.4. The topological polar surface area (TPSA) is 90.0 Å². The summed E-state index contributed by atoms with van der Waals surface area (Å²) in [4.78, 5) is 0. The van der Waals surface area contributed by atoms with Crippen molar-refractivity contribution >= 4 is 32.2 Å². The van der Waals surface area contributed by atoms with Crippen LogP contribution in [0.15, 0.2) is 60.7 Å². The molecule has 0 aliphatic rings. The van der Waals surface area contributed by atoms with Gasteiger partial charge in [-0.25, -0.2) is 0 Å². The quantitative estimate of drug-likeness (QED) is 0.595. The molecule has 2 rings (SSSR count). The molecule has 0 aliphatic carbocycles. The summed E-state index contributed by atoms with van der Waals surface area (Å²) in [6, 6.07) is 15.1. The fourth-order valence-electron chi connectivity index (χ4n) is 1.80. The van der Waals surface area contributed by atoms with E-state index in [2.05, 4.69) is 0 Å². The molecule has 0 radical (unpaired) electrons. The number of para-hydroxylation sites is 2. The Labute approximate surface area is 152 Å². The van der Waals surface area contributed by atoms with Crippen molar-refractivity contribution in [2.24, 2.45) is 0 Å². The second kappa shape index (κ2) is 8.52. The second-order valence-corrected chi connectivity index (χ2v) is 8.28. The first-order valence-corrected chi connectivity index (χ1v) is 10.4. The van der Waals surface area contributed by atoms with Crippen molar-refractivity contribution in [2.75, 3.05) is 12.4 Å². The minimum Gasteiger partial charge on any atom is -0.370 e. The molecule has 0 aliphatic heterocycles.